The summed E-state index contributed by atoms with van der Waals surface area (Å²) in [6, 6.07) is 11.3. The quantitative estimate of drug-likeness (QED) is 0.375. The highest BCUT2D eigenvalue weighted by Crippen LogP contribution is 2.33. The number of ether oxygens (including phenoxy) is 1. The number of amides is 1. The number of anilines is 1. The molecule has 1 amide bonds. The van der Waals surface area contributed by atoms with E-state index in [9.17, 15) is 14.9 Å². The van der Waals surface area contributed by atoms with E-state index < -0.39 is 10.8 Å². The number of nitro groups is 1. The summed E-state index contributed by atoms with van der Waals surface area (Å²) in [5, 5.41) is 18.2. The van der Waals surface area contributed by atoms with Gasteiger partial charge in [0, 0.05) is 30.6 Å². The van der Waals surface area contributed by atoms with Crippen LogP contribution < -0.4 is 10.1 Å². The lowest BCUT2D eigenvalue weighted by Crippen LogP contribution is -2.13. The summed E-state index contributed by atoms with van der Waals surface area (Å²) in [7, 11) is 0. The molecular formula is C22H19N5O4. The number of nitro benzene ring substituents is 1. The van der Waals surface area contributed by atoms with Crippen LogP contribution in [0.4, 0.5) is 11.4 Å². The Labute approximate surface area is 177 Å². The van der Waals surface area contributed by atoms with Gasteiger partial charge in [-0.2, -0.15) is 5.10 Å². The first-order valence-corrected chi connectivity index (χ1v) is 9.47. The van der Waals surface area contributed by atoms with E-state index in [1.54, 1.807) is 18.5 Å². The van der Waals surface area contributed by atoms with Gasteiger partial charge in [-0.1, -0.05) is 6.07 Å². The summed E-state index contributed by atoms with van der Waals surface area (Å²) in [6.45, 7) is 5.84. The molecule has 4 aromatic rings. The van der Waals surface area contributed by atoms with Crippen LogP contribution in [0.25, 0.3) is 5.65 Å². The molecule has 0 aliphatic heterocycles. The Bertz CT molecular complexity index is 1300. The smallest absolute Gasteiger partial charge is 0.276 e. The zero-order valence-electron chi connectivity index (χ0n) is 17.1. The maximum absolute atomic E-state index is 12.7. The molecule has 0 radical (unpaired) electrons. The lowest BCUT2D eigenvalue weighted by atomic mass is 10.1. The van der Waals surface area contributed by atoms with E-state index in [-0.39, 0.29) is 22.8 Å². The number of rotatable bonds is 5. The van der Waals surface area contributed by atoms with Gasteiger partial charge in [-0.25, -0.2) is 9.50 Å². The van der Waals surface area contributed by atoms with Crippen LogP contribution in [0.2, 0.25) is 0 Å². The van der Waals surface area contributed by atoms with Crippen LogP contribution >= 0.6 is 0 Å². The minimum absolute atomic E-state index is 0.137. The molecule has 0 unspecified atom stereocenters. The number of hydrogen-bond acceptors (Lipinski definition) is 6. The minimum Gasteiger partial charge on any atom is -0.457 e. The summed E-state index contributed by atoms with van der Waals surface area (Å²) in [5.41, 5.74) is 3.67. The zero-order chi connectivity index (χ0) is 22.1. The summed E-state index contributed by atoms with van der Waals surface area (Å²) < 4.78 is 7.42. The largest absolute Gasteiger partial charge is 0.457 e. The van der Waals surface area contributed by atoms with Crippen molar-refractivity contribution in [1.82, 2.24) is 14.6 Å². The monoisotopic (exact) mass is 417 g/mol. The van der Waals surface area contributed by atoms with E-state index in [0.29, 0.717) is 11.4 Å². The Morgan fingerprint density at radius 3 is 2.68 bits per heavy atom. The van der Waals surface area contributed by atoms with Gasteiger partial charge in [0.05, 0.1) is 16.7 Å². The highest BCUT2D eigenvalue weighted by atomic mass is 16.6. The minimum atomic E-state index is -0.536. The Hall–Kier alpha value is -4.27. The maximum Gasteiger partial charge on any atom is 0.276 e. The number of aryl methyl sites for hydroxylation is 2. The normalized spacial score (nSPS) is 10.8. The lowest BCUT2D eigenvalue weighted by Gasteiger charge is -2.13. The standard InChI is InChI=1S/C22H19N5O4/c1-13-7-14(2)15(3)20(8-13)31-18-10-16(9-17(11-18)27(29)30)24-22(28)19-12-21-23-5-4-6-26(21)25-19/h4-12H,1-3H3,(H,24,28). The molecule has 0 saturated carbocycles. The second-order valence-corrected chi connectivity index (χ2v) is 7.19. The average molecular weight is 417 g/mol. The molecule has 9 nitrogen and oxygen atoms in total. The van der Waals surface area contributed by atoms with Crippen LogP contribution in [0, 0.1) is 30.9 Å². The first kappa shape index (κ1) is 20.0. The Morgan fingerprint density at radius 1 is 1.13 bits per heavy atom. The van der Waals surface area contributed by atoms with Crippen molar-refractivity contribution in [1.29, 1.82) is 0 Å². The van der Waals surface area contributed by atoms with Gasteiger partial charge in [0.1, 0.15) is 11.5 Å². The van der Waals surface area contributed by atoms with Gasteiger partial charge in [-0.15, -0.1) is 0 Å². The fraction of sp³-hybridized carbons (Fsp3) is 0.136. The van der Waals surface area contributed by atoms with Crippen LogP contribution in [0.1, 0.15) is 27.2 Å². The van der Waals surface area contributed by atoms with E-state index in [2.05, 4.69) is 15.4 Å². The third kappa shape index (κ3) is 4.20. The summed E-state index contributed by atoms with van der Waals surface area (Å²) >= 11 is 0. The van der Waals surface area contributed by atoms with Gasteiger partial charge in [-0.3, -0.25) is 14.9 Å². The number of benzene rings is 2. The second kappa shape index (κ2) is 7.86. The van der Waals surface area contributed by atoms with Gasteiger partial charge >= 0.3 is 0 Å². The molecule has 2 heterocycles. The molecule has 1 N–H and O–H groups in total. The molecule has 0 aliphatic carbocycles. The average Bonchev–Trinajstić information content (AvgIpc) is 3.16. The van der Waals surface area contributed by atoms with E-state index >= 15 is 0 Å². The van der Waals surface area contributed by atoms with Gasteiger partial charge in [-0.05, 0) is 49.6 Å². The molecule has 0 bridgehead atoms. The maximum atomic E-state index is 12.7. The summed E-state index contributed by atoms with van der Waals surface area (Å²) in [4.78, 5) is 27.7. The Balaban J connectivity index is 1.65. The van der Waals surface area contributed by atoms with Gasteiger partial charge in [0.2, 0.25) is 0 Å². The predicted octanol–water partition coefficient (Wildman–Crippen LogP) is 4.61. The van der Waals surface area contributed by atoms with Crippen molar-refractivity contribution in [3.05, 3.63) is 87.4 Å². The van der Waals surface area contributed by atoms with Crippen LogP contribution in [0.3, 0.4) is 0 Å². The van der Waals surface area contributed by atoms with Crippen LogP contribution in [0.5, 0.6) is 11.5 Å². The number of nitrogens with one attached hydrogen (secondary N) is 1. The van der Waals surface area contributed by atoms with Crippen molar-refractivity contribution in [3.63, 3.8) is 0 Å². The van der Waals surface area contributed by atoms with Gasteiger partial charge in [0.25, 0.3) is 11.6 Å². The van der Waals surface area contributed by atoms with Gasteiger partial charge in [0.15, 0.2) is 11.3 Å². The molecule has 2 aromatic heterocycles. The first-order valence-electron chi connectivity index (χ1n) is 9.47. The van der Waals surface area contributed by atoms with E-state index in [1.165, 1.54) is 28.8 Å². The molecule has 9 heteroatoms. The van der Waals surface area contributed by atoms with Crippen LogP contribution in [-0.2, 0) is 0 Å². The molecule has 0 spiro atoms. The Kier molecular flexibility index (Phi) is 5.08. The number of carbonyl (C=O) groups excluding carboxylic acids is 1. The van der Waals surface area contributed by atoms with E-state index in [0.717, 1.165) is 16.7 Å². The molecule has 0 saturated heterocycles. The fourth-order valence-electron chi connectivity index (χ4n) is 3.19. The second-order valence-electron chi connectivity index (χ2n) is 7.19. The molecular weight excluding hydrogens is 398 g/mol. The lowest BCUT2D eigenvalue weighted by molar-refractivity contribution is -0.384. The molecule has 0 aliphatic rings. The van der Waals surface area contributed by atoms with Crippen molar-refractivity contribution in [2.24, 2.45) is 0 Å². The summed E-state index contributed by atoms with van der Waals surface area (Å²) in [6.07, 6.45) is 3.27. The SMILES string of the molecule is Cc1cc(C)c(C)c(Oc2cc(NC(=O)c3cc4ncccn4n3)cc([N+](=O)[O-])c2)c1. The third-order valence-electron chi connectivity index (χ3n) is 4.82. The van der Waals surface area contributed by atoms with Gasteiger partial charge < -0.3 is 10.1 Å². The number of hydrogen-bond donors (Lipinski definition) is 1. The van der Waals surface area contributed by atoms with Crippen molar-refractivity contribution in [2.45, 2.75) is 20.8 Å². The van der Waals surface area contributed by atoms with Crippen molar-refractivity contribution in [2.75, 3.05) is 5.32 Å². The molecule has 2 aromatic carbocycles. The van der Waals surface area contributed by atoms with E-state index in [1.807, 2.05) is 32.9 Å². The van der Waals surface area contributed by atoms with Crippen LogP contribution in [-0.4, -0.2) is 25.4 Å². The molecule has 0 fully saturated rings. The van der Waals surface area contributed by atoms with Crippen LogP contribution in [0.15, 0.2) is 54.9 Å². The summed E-state index contributed by atoms with van der Waals surface area (Å²) in [5.74, 6) is 0.329. The highest BCUT2D eigenvalue weighted by Gasteiger charge is 2.17. The predicted molar refractivity (Wildman–Crippen MR) is 115 cm³/mol. The number of fused-ring (bicyclic) bond motifs is 1. The molecule has 31 heavy (non-hydrogen) atoms. The van der Waals surface area contributed by atoms with Crippen molar-refractivity contribution < 1.29 is 14.5 Å². The number of aromatic nitrogens is 3. The van der Waals surface area contributed by atoms with Crippen molar-refractivity contribution in [3.8, 4) is 11.5 Å². The van der Waals surface area contributed by atoms with E-state index in [4.69, 9.17) is 4.74 Å². The zero-order valence-corrected chi connectivity index (χ0v) is 17.1. The molecule has 156 valence electrons. The number of nitrogens with zero attached hydrogens (tertiary/aromatic N) is 4. The fourth-order valence-corrected chi connectivity index (χ4v) is 3.19. The first-order chi connectivity index (χ1) is 14.8. The molecule has 4 rings (SSSR count). The number of carbonyl (C=O) groups is 1. The topological polar surface area (TPSA) is 112 Å². The number of non-ortho nitro benzene ring substituents is 1. The highest BCUT2D eigenvalue weighted by molar-refractivity contribution is 6.03. The van der Waals surface area contributed by atoms with Crippen molar-refractivity contribution >= 4 is 22.9 Å². The molecule has 0 atom stereocenters. The third-order valence-corrected chi connectivity index (χ3v) is 4.82. The Morgan fingerprint density at radius 2 is 1.94 bits per heavy atom.